The summed E-state index contributed by atoms with van der Waals surface area (Å²) >= 11 is 0. The van der Waals surface area contributed by atoms with Gasteiger partial charge in [-0.25, -0.2) is 9.97 Å². The molecule has 0 aliphatic carbocycles. The van der Waals surface area contributed by atoms with Crippen molar-refractivity contribution in [3.05, 3.63) is 24.2 Å². The molecule has 0 radical (unpaired) electrons. The van der Waals surface area contributed by atoms with Gasteiger partial charge in [0.2, 0.25) is 5.95 Å². The topological polar surface area (TPSA) is 46.8 Å². The largest absolute Gasteiger partial charge is 0.393 e. The number of aromatic nitrogens is 4. The second-order valence-electron chi connectivity index (χ2n) is 5.87. The van der Waals surface area contributed by atoms with Crippen LogP contribution < -0.4 is 4.90 Å². The number of piperidine rings is 1. The van der Waals surface area contributed by atoms with Gasteiger partial charge in [-0.2, -0.15) is 18.3 Å². The summed E-state index contributed by atoms with van der Waals surface area (Å²) in [5.41, 5.74) is 2.36. The van der Waals surface area contributed by atoms with E-state index in [1.807, 2.05) is 20.2 Å². The summed E-state index contributed by atoms with van der Waals surface area (Å²) < 4.78 is 40.5. The van der Waals surface area contributed by atoms with Gasteiger partial charge >= 0.3 is 6.18 Å². The minimum Gasteiger partial charge on any atom is -0.340 e. The molecule has 2 aromatic heterocycles. The molecule has 1 atom stereocenters. The van der Waals surface area contributed by atoms with Crippen molar-refractivity contribution in [1.82, 2.24) is 19.7 Å². The van der Waals surface area contributed by atoms with E-state index in [1.54, 1.807) is 21.8 Å². The van der Waals surface area contributed by atoms with Crippen LogP contribution in [0.1, 0.15) is 18.5 Å². The lowest BCUT2D eigenvalue weighted by Crippen LogP contribution is -2.42. The van der Waals surface area contributed by atoms with Crippen molar-refractivity contribution in [3.8, 4) is 11.3 Å². The molecule has 0 saturated carbocycles. The molecule has 23 heavy (non-hydrogen) atoms. The van der Waals surface area contributed by atoms with Gasteiger partial charge in [-0.15, -0.1) is 0 Å². The fourth-order valence-corrected chi connectivity index (χ4v) is 2.93. The Morgan fingerprint density at radius 3 is 2.74 bits per heavy atom. The van der Waals surface area contributed by atoms with Crippen LogP contribution in [0.3, 0.4) is 0 Å². The van der Waals surface area contributed by atoms with E-state index in [1.165, 1.54) is 0 Å². The van der Waals surface area contributed by atoms with Crippen LogP contribution in [-0.2, 0) is 7.05 Å². The van der Waals surface area contributed by atoms with Crippen molar-refractivity contribution in [2.24, 2.45) is 13.0 Å². The van der Waals surface area contributed by atoms with E-state index in [-0.39, 0.29) is 13.0 Å². The normalized spacial score (nSPS) is 19.2. The molecular weight excluding hydrogens is 307 g/mol. The Balaban J connectivity index is 1.86. The van der Waals surface area contributed by atoms with Crippen molar-refractivity contribution in [2.75, 3.05) is 18.0 Å². The Kier molecular flexibility index (Phi) is 3.99. The first-order chi connectivity index (χ1) is 10.8. The summed E-state index contributed by atoms with van der Waals surface area (Å²) in [7, 11) is 1.82. The Labute approximate surface area is 132 Å². The van der Waals surface area contributed by atoms with E-state index in [0.717, 1.165) is 11.3 Å². The minimum atomic E-state index is -4.17. The number of halogens is 3. The number of hydrogen-bond donors (Lipinski definition) is 0. The zero-order valence-corrected chi connectivity index (χ0v) is 13.0. The highest BCUT2D eigenvalue weighted by Crippen LogP contribution is 2.34. The van der Waals surface area contributed by atoms with Gasteiger partial charge in [0.15, 0.2) is 0 Å². The van der Waals surface area contributed by atoms with Gasteiger partial charge in [0.25, 0.3) is 0 Å². The molecule has 3 rings (SSSR count). The fraction of sp³-hybridized carbons (Fsp3) is 0.533. The highest BCUT2D eigenvalue weighted by molar-refractivity contribution is 5.61. The number of alkyl halides is 3. The molecule has 1 aliphatic heterocycles. The van der Waals surface area contributed by atoms with E-state index in [0.29, 0.717) is 24.6 Å². The van der Waals surface area contributed by atoms with Gasteiger partial charge in [-0.3, -0.25) is 4.68 Å². The first kappa shape index (κ1) is 15.8. The highest BCUT2D eigenvalue weighted by atomic mass is 19.4. The molecule has 0 spiro atoms. The third-order valence-electron chi connectivity index (χ3n) is 4.10. The Morgan fingerprint density at radius 2 is 2.09 bits per heavy atom. The highest BCUT2D eigenvalue weighted by Gasteiger charge is 2.42. The number of aryl methyl sites for hydroxylation is 2. The molecule has 5 nitrogen and oxygen atoms in total. The molecule has 124 valence electrons. The summed E-state index contributed by atoms with van der Waals surface area (Å²) in [5, 5.41) is 4.27. The summed E-state index contributed by atoms with van der Waals surface area (Å²) in [4.78, 5) is 10.2. The van der Waals surface area contributed by atoms with E-state index < -0.39 is 12.1 Å². The summed E-state index contributed by atoms with van der Waals surface area (Å²) in [5.74, 6) is -0.969. The van der Waals surface area contributed by atoms with Gasteiger partial charge in [0.05, 0.1) is 17.3 Å². The first-order valence-electron chi connectivity index (χ1n) is 7.50. The monoisotopic (exact) mass is 325 g/mol. The summed E-state index contributed by atoms with van der Waals surface area (Å²) in [6.07, 6.45) is -0.0845. The van der Waals surface area contributed by atoms with Crippen LogP contribution in [0.4, 0.5) is 19.1 Å². The third-order valence-corrected chi connectivity index (χ3v) is 4.10. The van der Waals surface area contributed by atoms with Crippen molar-refractivity contribution < 1.29 is 13.2 Å². The Hall–Kier alpha value is -2.12. The molecule has 0 amide bonds. The average Bonchev–Trinajstić information content (AvgIpc) is 2.85. The third kappa shape index (κ3) is 3.30. The fourth-order valence-electron chi connectivity index (χ4n) is 2.93. The number of anilines is 1. The van der Waals surface area contributed by atoms with Gasteiger partial charge < -0.3 is 4.90 Å². The smallest absolute Gasteiger partial charge is 0.340 e. The second kappa shape index (κ2) is 5.82. The van der Waals surface area contributed by atoms with Crippen LogP contribution in [0.2, 0.25) is 0 Å². The predicted octanol–water partition coefficient (Wildman–Crippen LogP) is 2.96. The lowest BCUT2D eigenvalue weighted by Gasteiger charge is -2.33. The molecule has 8 heteroatoms. The average molecular weight is 325 g/mol. The molecule has 1 fully saturated rings. The SMILES string of the molecule is Cc1nn(C)cc1-c1ccnc(N2CCCC(C(F)(F)F)C2)n1. The predicted molar refractivity (Wildman–Crippen MR) is 80.0 cm³/mol. The lowest BCUT2D eigenvalue weighted by atomic mass is 9.98. The zero-order chi connectivity index (χ0) is 16.6. The van der Waals surface area contributed by atoms with Crippen LogP contribution in [0.25, 0.3) is 11.3 Å². The lowest BCUT2D eigenvalue weighted by molar-refractivity contribution is -0.176. The Bertz CT molecular complexity index is 695. The van der Waals surface area contributed by atoms with Gasteiger partial charge in [0, 0.05) is 38.1 Å². The molecule has 0 bridgehead atoms. The standard InChI is InChI=1S/C15H18F3N5/c1-10-12(9-22(2)21-10)13-5-6-19-14(20-13)23-7-3-4-11(8-23)15(16,17)18/h5-6,9,11H,3-4,7-8H2,1-2H3. The molecule has 1 saturated heterocycles. The summed E-state index contributed by atoms with van der Waals surface area (Å²) in [6, 6.07) is 1.75. The van der Waals surface area contributed by atoms with Crippen molar-refractivity contribution >= 4 is 5.95 Å². The number of rotatable bonds is 2. The van der Waals surface area contributed by atoms with E-state index in [4.69, 9.17) is 0 Å². The minimum absolute atomic E-state index is 0.0844. The van der Waals surface area contributed by atoms with Crippen molar-refractivity contribution in [3.63, 3.8) is 0 Å². The maximum atomic E-state index is 13.0. The second-order valence-corrected chi connectivity index (χ2v) is 5.87. The first-order valence-corrected chi connectivity index (χ1v) is 7.50. The van der Waals surface area contributed by atoms with Crippen LogP contribution in [0.15, 0.2) is 18.5 Å². The molecule has 1 aliphatic rings. The maximum Gasteiger partial charge on any atom is 0.393 e. The zero-order valence-electron chi connectivity index (χ0n) is 13.0. The maximum absolute atomic E-state index is 13.0. The molecule has 2 aromatic rings. The number of hydrogen-bond acceptors (Lipinski definition) is 4. The van der Waals surface area contributed by atoms with Crippen LogP contribution >= 0.6 is 0 Å². The van der Waals surface area contributed by atoms with Crippen molar-refractivity contribution in [1.29, 1.82) is 0 Å². The van der Waals surface area contributed by atoms with E-state index >= 15 is 0 Å². The molecule has 3 heterocycles. The van der Waals surface area contributed by atoms with Crippen LogP contribution in [0.5, 0.6) is 0 Å². The molecule has 0 N–H and O–H groups in total. The molecule has 1 unspecified atom stereocenters. The van der Waals surface area contributed by atoms with Crippen LogP contribution in [-0.4, -0.2) is 39.0 Å². The van der Waals surface area contributed by atoms with E-state index in [9.17, 15) is 13.2 Å². The van der Waals surface area contributed by atoms with Gasteiger partial charge in [-0.05, 0) is 25.8 Å². The molecule has 0 aromatic carbocycles. The van der Waals surface area contributed by atoms with Crippen molar-refractivity contribution in [2.45, 2.75) is 25.9 Å². The van der Waals surface area contributed by atoms with E-state index in [2.05, 4.69) is 15.1 Å². The Morgan fingerprint density at radius 1 is 1.30 bits per heavy atom. The molecular formula is C15H18F3N5. The van der Waals surface area contributed by atoms with Gasteiger partial charge in [0.1, 0.15) is 0 Å². The van der Waals surface area contributed by atoms with Gasteiger partial charge in [-0.1, -0.05) is 0 Å². The summed E-state index contributed by atoms with van der Waals surface area (Å²) in [6.45, 7) is 2.33. The van der Waals surface area contributed by atoms with Crippen LogP contribution in [0, 0.1) is 12.8 Å². The quantitative estimate of drug-likeness (QED) is 0.852. The number of nitrogens with zero attached hydrogens (tertiary/aromatic N) is 5.